The highest BCUT2D eigenvalue weighted by Gasteiger charge is 2.05. The van der Waals surface area contributed by atoms with Crippen LogP contribution in [0.4, 0.5) is 0 Å². The number of carbonyl (C=O) groups is 1. The summed E-state index contributed by atoms with van der Waals surface area (Å²) in [6, 6.07) is 5.77. The zero-order valence-electron chi connectivity index (χ0n) is 9.93. The molecule has 0 saturated carbocycles. The number of hydrogen-bond acceptors (Lipinski definition) is 3. The average molecular weight is 233 g/mol. The van der Waals surface area contributed by atoms with Crippen LogP contribution in [-0.2, 0) is 11.3 Å². The maximum absolute atomic E-state index is 11.2. The molecule has 2 rings (SSSR count). The van der Waals surface area contributed by atoms with Gasteiger partial charge in [0.1, 0.15) is 5.75 Å². The Hall–Kier alpha value is -2.04. The molecule has 1 aromatic carbocycles. The number of hydrogen-bond donors (Lipinski definition) is 1. The number of rotatable bonds is 4. The molecule has 0 bridgehead atoms. The van der Waals surface area contributed by atoms with E-state index in [0.717, 1.165) is 16.7 Å². The van der Waals surface area contributed by atoms with Crippen molar-refractivity contribution in [3.8, 4) is 5.75 Å². The van der Waals surface area contributed by atoms with Gasteiger partial charge >= 0.3 is 0 Å². The van der Waals surface area contributed by atoms with Crippen LogP contribution in [0.25, 0.3) is 10.9 Å². The first-order chi connectivity index (χ1) is 8.24. The fraction of sp³-hybridized carbons (Fsp3) is 0.333. The third-order valence-corrected chi connectivity index (χ3v) is 2.68. The van der Waals surface area contributed by atoms with E-state index in [1.165, 1.54) is 0 Å². The first kappa shape index (κ1) is 11.4. The Labute approximate surface area is 99.4 Å². The van der Waals surface area contributed by atoms with Crippen molar-refractivity contribution in [1.29, 1.82) is 0 Å². The lowest BCUT2D eigenvalue weighted by Crippen LogP contribution is -2.19. The third kappa shape index (κ3) is 2.38. The van der Waals surface area contributed by atoms with Gasteiger partial charge in [0.25, 0.3) is 0 Å². The van der Waals surface area contributed by atoms with Crippen LogP contribution in [0.5, 0.6) is 5.75 Å². The Kier molecular flexibility index (Phi) is 3.27. The lowest BCUT2D eigenvalue weighted by atomic mass is 10.2. The van der Waals surface area contributed by atoms with Gasteiger partial charge in [0.15, 0.2) is 0 Å². The van der Waals surface area contributed by atoms with Gasteiger partial charge in [0, 0.05) is 18.9 Å². The van der Waals surface area contributed by atoms with Crippen molar-refractivity contribution in [1.82, 2.24) is 15.1 Å². The van der Waals surface area contributed by atoms with Crippen molar-refractivity contribution >= 4 is 16.8 Å². The second kappa shape index (κ2) is 4.86. The van der Waals surface area contributed by atoms with Crippen molar-refractivity contribution in [3.05, 3.63) is 24.4 Å². The van der Waals surface area contributed by atoms with E-state index >= 15 is 0 Å². The highest BCUT2D eigenvalue weighted by molar-refractivity contribution is 5.80. The Morgan fingerprint density at radius 1 is 1.53 bits per heavy atom. The van der Waals surface area contributed by atoms with Gasteiger partial charge in [-0.1, -0.05) is 0 Å². The van der Waals surface area contributed by atoms with Gasteiger partial charge in [0.05, 0.1) is 25.4 Å². The molecule has 2 aromatic rings. The molecule has 0 unspecified atom stereocenters. The van der Waals surface area contributed by atoms with E-state index in [-0.39, 0.29) is 5.91 Å². The van der Waals surface area contributed by atoms with E-state index < -0.39 is 0 Å². The van der Waals surface area contributed by atoms with Crippen LogP contribution in [0, 0.1) is 0 Å². The highest BCUT2D eigenvalue weighted by Crippen LogP contribution is 2.20. The van der Waals surface area contributed by atoms with Crippen molar-refractivity contribution < 1.29 is 9.53 Å². The van der Waals surface area contributed by atoms with Gasteiger partial charge in [0.2, 0.25) is 5.91 Å². The fourth-order valence-electron chi connectivity index (χ4n) is 1.70. The molecule has 0 fully saturated rings. The number of nitrogens with zero attached hydrogens (tertiary/aromatic N) is 2. The zero-order chi connectivity index (χ0) is 12.3. The first-order valence-corrected chi connectivity index (χ1v) is 5.44. The zero-order valence-corrected chi connectivity index (χ0v) is 9.93. The van der Waals surface area contributed by atoms with Crippen LogP contribution in [0.2, 0.25) is 0 Å². The number of benzene rings is 1. The summed E-state index contributed by atoms with van der Waals surface area (Å²) in [6.45, 7) is 0.579. The molecule has 0 saturated heterocycles. The van der Waals surface area contributed by atoms with Crippen LogP contribution >= 0.6 is 0 Å². The summed E-state index contributed by atoms with van der Waals surface area (Å²) in [5, 5.41) is 7.87. The Bertz CT molecular complexity index is 534. The van der Waals surface area contributed by atoms with E-state index in [0.29, 0.717) is 13.0 Å². The van der Waals surface area contributed by atoms with Crippen molar-refractivity contribution in [2.75, 3.05) is 14.2 Å². The number of carbonyl (C=O) groups excluding carboxylic acids is 1. The van der Waals surface area contributed by atoms with E-state index in [1.807, 2.05) is 22.9 Å². The number of ether oxygens (including phenoxy) is 1. The van der Waals surface area contributed by atoms with E-state index in [4.69, 9.17) is 4.74 Å². The Morgan fingerprint density at radius 2 is 2.35 bits per heavy atom. The predicted octanol–water partition coefficient (Wildman–Crippen LogP) is 1.18. The van der Waals surface area contributed by atoms with E-state index in [9.17, 15) is 4.79 Å². The van der Waals surface area contributed by atoms with E-state index in [1.54, 1.807) is 20.4 Å². The largest absolute Gasteiger partial charge is 0.497 e. The van der Waals surface area contributed by atoms with Crippen LogP contribution in [0.3, 0.4) is 0 Å². The van der Waals surface area contributed by atoms with Crippen molar-refractivity contribution in [2.45, 2.75) is 13.0 Å². The molecule has 0 aliphatic heterocycles. The molecule has 1 N–H and O–H groups in total. The van der Waals surface area contributed by atoms with Gasteiger partial charge < -0.3 is 10.1 Å². The minimum atomic E-state index is 0.0159. The van der Waals surface area contributed by atoms with Gasteiger partial charge in [-0.25, -0.2) is 0 Å². The molecular formula is C12H15N3O2. The van der Waals surface area contributed by atoms with Crippen molar-refractivity contribution in [3.63, 3.8) is 0 Å². The lowest BCUT2D eigenvalue weighted by Gasteiger charge is -2.03. The number of aryl methyl sites for hydroxylation is 1. The summed E-state index contributed by atoms with van der Waals surface area (Å²) < 4.78 is 6.97. The maximum atomic E-state index is 11.2. The smallest absolute Gasteiger partial charge is 0.221 e. The lowest BCUT2D eigenvalue weighted by molar-refractivity contribution is -0.120. The van der Waals surface area contributed by atoms with Crippen LogP contribution in [0.15, 0.2) is 24.4 Å². The monoisotopic (exact) mass is 233 g/mol. The number of fused-ring (bicyclic) bond motifs is 1. The molecular weight excluding hydrogens is 218 g/mol. The molecule has 0 atom stereocenters. The summed E-state index contributed by atoms with van der Waals surface area (Å²) in [5.41, 5.74) is 1.01. The molecule has 5 heteroatoms. The molecule has 90 valence electrons. The molecule has 1 heterocycles. The quantitative estimate of drug-likeness (QED) is 0.862. The molecule has 0 spiro atoms. The average Bonchev–Trinajstić information content (AvgIpc) is 2.77. The van der Waals surface area contributed by atoms with Crippen LogP contribution in [0.1, 0.15) is 6.42 Å². The Morgan fingerprint density at radius 3 is 3.06 bits per heavy atom. The second-order valence-electron chi connectivity index (χ2n) is 3.72. The predicted molar refractivity (Wildman–Crippen MR) is 65.0 cm³/mol. The molecule has 0 radical (unpaired) electrons. The Balaban J connectivity index is 2.21. The minimum absolute atomic E-state index is 0.0159. The minimum Gasteiger partial charge on any atom is -0.497 e. The number of methoxy groups -OCH3 is 1. The summed E-state index contributed by atoms with van der Waals surface area (Å²) in [4.78, 5) is 11.2. The van der Waals surface area contributed by atoms with Gasteiger partial charge in [-0.15, -0.1) is 0 Å². The second-order valence-corrected chi connectivity index (χ2v) is 3.72. The molecule has 5 nitrogen and oxygen atoms in total. The van der Waals surface area contributed by atoms with Gasteiger partial charge in [-0.2, -0.15) is 5.10 Å². The fourth-order valence-corrected chi connectivity index (χ4v) is 1.70. The van der Waals surface area contributed by atoms with Crippen LogP contribution in [-0.4, -0.2) is 29.8 Å². The van der Waals surface area contributed by atoms with Crippen LogP contribution < -0.4 is 10.1 Å². The normalized spacial score (nSPS) is 10.5. The van der Waals surface area contributed by atoms with Gasteiger partial charge in [-0.3, -0.25) is 9.48 Å². The number of amides is 1. The molecule has 1 aromatic heterocycles. The summed E-state index contributed by atoms with van der Waals surface area (Å²) in [7, 11) is 3.27. The molecule has 17 heavy (non-hydrogen) atoms. The highest BCUT2D eigenvalue weighted by atomic mass is 16.5. The summed E-state index contributed by atoms with van der Waals surface area (Å²) in [5.74, 6) is 0.825. The first-order valence-electron chi connectivity index (χ1n) is 5.44. The standard InChI is InChI=1S/C12H15N3O2/c1-13-12(16)5-6-15-11-4-3-10(17-2)7-9(11)8-14-15/h3-4,7-8H,5-6H2,1-2H3,(H,13,16). The molecule has 0 aliphatic rings. The number of aromatic nitrogens is 2. The molecule has 0 aliphatic carbocycles. The number of nitrogens with one attached hydrogen (secondary N) is 1. The maximum Gasteiger partial charge on any atom is 0.221 e. The summed E-state index contributed by atoms with van der Waals surface area (Å²) >= 11 is 0. The van der Waals surface area contributed by atoms with Gasteiger partial charge in [-0.05, 0) is 18.2 Å². The van der Waals surface area contributed by atoms with Crippen molar-refractivity contribution in [2.24, 2.45) is 0 Å². The summed E-state index contributed by atoms with van der Waals surface area (Å²) in [6.07, 6.45) is 2.21. The topological polar surface area (TPSA) is 56.2 Å². The SMILES string of the molecule is CNC(=O)CCn1ncc2cc(OC)ccc21. The van der Waals surface area contributed by atoms with E-state index in [2.05, 4.69) is 10.4 Å². The molecule has 1 amide bonds. The third-order valence-electron chi connectivity index (χ3n) is 2.68.